The minimum absolute atomic E-state index is 0.141. The van der Waals surface area contributed by atoms with Crippen molar-refractivity contribution in [2.75, 3.05) is 4.90 Å². The van der Waals surface area contributed by atoms with Crippen molar-refractivity contribution in [3.05, 3.63) is 150 Å². The number of anilines is 3. The standard InChI is InChI=1S/C51H43NS/c1-4-12-44-39(10-1)43-28-35(17-20-45(43)50(44)21-7-8-22-50)52(37-16-19-42-41-11-3-6-14-48(41)53-49(42)30-37)36-15-18-40-38-9-2-5-13-46(38)51(47(40)29-36)33-24-31-23-32(26-33)27-34(51)25-31/h1-6,9-20,28-34H,7-8,21-27H2. The van der Waals surface area contributed by atoms with Crippen molar-refractivity contribution in [1.29, 1.82) is 0 Å². The van der Waals surface area contributed by atoms with Crippen LogP contribution in [0.4, 0.5) is 17.1 Å². The van der Waals surface area contributed by atoms with Gasteiger partial charge in [0.2, 0.25) is 0 Å². The number of benzene rings is 6. The first-order valence-electron chi connectivity index (χ1n) is 20.4. The lowest BCUT2D eigenvalue weighted by atomic mass is 9.43. The number of hydrogen-bond donors (Lipinski definition) is 0. The van der Waals surface area contributed by atoms with Crippen LogP contribution in [0, 0.1) is 23.7 Å². The average Bonchev–Trinajstić information content (AvgIpc) is 3.96. The minimum atomic E-state index is 0.141. The highest BCUT2D eigenvalue weighted by atomic mass is 32.1. The van der Waals surface area contributed by atoms with E-state index < -0.39 is 0 Å². The van der Waals surface area contributed by atoms with E-state index in [0.717, 1.165) is 23.7 Å². The van der Waals surface area contributed by atoms with Crippen molar-refractivity contribution in [1.82, 2.24) is 0 Å². The topological polar surface area (TPSA) is 3.24 Å². The summed E-state index contributed by atoms with van der Waals surface area (Å²) in [5, 5.41) is 2.72. The van der Waals surface area contributed by atoms with Crippen molar-refractivity contribution >= 4 is 48.6 Å². The molecule has 0 aliphatic heterocycles. The molecule has 7 aliphatic carbocycles. The van der Waals surface area contributed by atoms with E-state index in [9.17, 15) is 0 Å². The number of nitrogens with zero attached hydrogens (tertiary/aromatic N) is 1. The third-order valence-electron chi connectivity index (χ3n) is 15.4. The molecule has 1 aromatic heterocycles. The van der Waals surface area contributed by atoms with Gasteiger partial charge in [-0.2, -0.15) is 0 Å². The van der Waals surface area contributed by atoms with Gasteiger partial charge in [0, 0.05) is 48.1 Å². The van der Waals surface area contributed by atoms with Gasteiger partial charge < -0.3 is 4.90 Å². The van der Waals surface area contributed by atoms with Gasteiger partial charge in [0.05, 0.1) is 0 Å². The molecule has 2 spiro atoms. The smallest absolute Gasteiger partial charge is 0.0476 e. The summed E-state index contributed by atoms with van der Waals surface area (Å²) in [7, 11) is 0. The largest absolute Gasteiger partial charge is 0.310 e. The molecule has 5 fully saturated rings. The van der Waals surface area contributed by atoms with E-state index in [4.69, 9.17) is 0 Å². The molecule has 0 atom stereocenters. The predicted molar refractivity (Wildman–Crippen MR) is 222 cm³/mol. The first kappa shape index (κ1) is 29.8. The molecule has 6 aromatic carbocycles. The summed E-state index contributed by atoms with van der Waals surface area (Å²) in [5.41, 5.74) is 16.4. The van der Waals surface area contributed by atoms with E-state index in [-0.39, 0.29) is 10.8 Å². The molecule has 2 heteroatoms. The maximum absolute atomic E-state index is 2.67. The Morgan fingerprint density at radius 3 is 1.85 bits per heavy atom. The number of fused-ring (bicyclic) bond motifs is 11. The number of hydrogen-bond acceptors (Lipinski definition) is 2. The van der Waals surface area contributed by atoms with Gasteiger partial charge in [-0.05, 0) is 156 Å². The second-order valence-electron chi connectivity index (χ2n) is 17.6. The first-order valence-corrected chi connectivity index (χ1v) is 21.2. The van der Waals surface area contributed by atoms with Crippen LogP contribution >= 0.6 is 11.3 Å². The molecule has 258 valence electrons. The number of rotatable bonds is 3. The van der Waals surface area contributed by atoms with Crippen molar-refractivity contribution in [3.8, 4) is 22.3 Å². The van der Waals surface area contributed by atoms with Crippen LogP contribution < -0.4 is 4.90 Å². The summed E-state index contributed by atoms with van der Waals surface area (Å²) in [6, 6.07) is 50.2. The van der Waals surface area contributed by atoms with Crippen molar-refractivity contribution in [3.63, 3.8) is 0 Å². The molecule has 14 rings (SSSR count). The Hall–Kier alpha value is -4.66. The molecular weight excluding hydrogens is 659 g/mol. The van der Waals surface area contributed by atoms with Gasteiger partial charge in [0.1, 0.15) is 0 Å². The summed E-state index contributed by atoms with van der Waals surface area (Å²) in [4.78, 5) is 2.61. The molecular formula is C51H43NS. The fourth-order valence-electron chi connectivity index (χ4n) is 13.7. The molecule has 7 aromatic rings. The fourth-order valence-corrected chi connectivity index (χ4v) is 14.8. The van der Waals surface area contributed by atoms with Gasteiger partial charge in [-0.1, -0.05) is 97.8 Å². The predicted octanol–water partition coefficient (Wildman–Crippen LogP) is 14.1. The molecule has 0 amide bonds. The maximum atomic E-state index is 2.67. The summed E-state index contributed by atoms with van der Waals surface area (Å²) in [6.45, 7) is 0. The van der Waals surface area contributed by atoms with Crippen LogP contribution in [0.5, 0.6) is 0 Å². The van der Waals surface area contributed by atoms with E-state index in [0.29, 0.717) is 0 Å². The van der Waals surface area contributed by atoms with Gasteiger partial charge in [-0.3, -0.25) is 0 Å². The highest BCUT2D eigenvalue weighted by Crippen LogP contribution is 2.70. The molecule has 0 N–H and O–H groups in total. The van der Waals surface area contributed by atoms with Crippen LogP contribution in [-0.4, -0.2) is 0 Å². The van der Waals surface area contributed by atoms with Gasteiger partial charge in [0.15, 0.2) is 0 Å². The minimum Gasteiger partial charge on any atom is -0.310 e. The molecule has 7 aliphatic rings. The monoisotopic (exact) mass is 701 g/mol. The highest BCUT2D eigenvalue weighted by molar-refractivity contribution is 7.25. The van der Waals surface area contributed by atoms with Gasteiger partial charge in [-0.15, -0.1) is 11.3 Å². The van der Waals surface area contributed by atoms with Gasteiger partial charge >= 0.3 is 0 Å². The van der Waals surface area contributed by atoms with Crippen molar-refractivity contribution in [2.45, 2.75) is 68.6 Å². The average molecular weight is 702 g/mol. The van der Waals surface area contributed by atoms with Gasteiger partial charge in [-0.25, -0.2) is 0 Å². The summed E-state index contributed by atoms with van der Waals surface area (Å²) in [6.07, 6.45) is 12.3. The second-order valence-corrected chi connectivity index (χ2v) is 18.7. The van der Waals surface area contributed by atoms with Crippen molar-refractivity contribution < 1.29 is 0 Å². The van der Waals surface area contributed by atoms with Crippen LogP contribution in [0.2, 0.25) is 0 Å². The summed E-state index contributed by atoms with van der Waals surface area (Å²) in [5.74, 6) is 3.37. The summed E-state index contributed by atoms with van der Waals surface area (Å²) < 4.78 is 2.72. The first-order chi connectivity index (χ1) is 26.2. The molecule has 53 heavy (non-hydrogen) atoms. The maximum Gasteiger partial charge on any atom is 0.0476 e. The summed E-state index contributed by atoms with van der Waals surface area (Å²) >= 11 is 1.93. The van der Waals surface area contributed by atoms with E-state index in [1.807, 2.05) is 11.3 Å². The zero-order chi connectivity index (χ0) is 34.5. The number of thiophene rings is 1. The lowest BCUT2D eigenvalue weighted by Crippen LogP contribution is -2.55. The third-order valence-corrected chi connectivity index (χ3v) is 16.5. The molecule has 0 unspecified atom stereocenters. The molecule has 0 radical (unpaired) electrons. The van der Waals surface area contributed by atoms with E-state index in [2.05, 4.69) is 132 Å². The Morgan fingerprint density at radius 1 is 0.453 bits per heavy atom. The van der Waals surface area contributed by atoms with Crippen LogP contribution in [0.25, 0.3) is 42.4 Å². The van der Waals surface area contributed by atoms with Crippen molar-refractivity contribution in [2.24, 2.45) is 23.7 Å². The quantitative estimate of drug-likeness (QED) is 0.177. The zero-order valence-corrected chi connectivity index (χ0v) is 31.0. The Balaban J connectivity index is 1.04. The molecule has 1 nitrogen and oxygen atoms in total. The third kappa shape index (κ3) is 3.79. The fraction of sp³-hybridized carbons (Fsp3) is 0.294. The van der Waals surface area contributed by atoms with Crippen LogP contribution in [0.3, 0.4) is 0 Å². The van der Waals surface area contributed by atoms with E-state index >= 15 is 0 Å². The van der Waals surface area contributed by atoms with E-state index in [1.165, 1.54) is 117 Å². The lowest BCUT2D eigenvalue weighted by molar-refractivity contribution is -0.0399. The van der Waals surface area contributed by atoms with E-state index in [1.54, 1.807) is 22.3 Å². The van der Waals surface area contributed by atoms with Crippen LogP contribution in [0.1, 0.15) is 80.0 Å². The second kappa shape index (κ2) is 10.5. The zero-order valence-electron chi connectivity index (χ0n) is 30.2. The lowest BCUT2D eigenvalue weighted by Gasteiger charge is -2.61. The van der Waals surface area contributed by atoms with Crippen LogP contribution in [-0.2, 0) is 10.8 Å². The normalized spacial score (nSPS) is 26.4. The van der Waals surface area contributed by atoms with Gasteiger partial charge in [0.25, 0.3) is 0 Å². The highest BCUT2D eigenvalue weighted by Gasteiger charge is 2.61. The SMILES string of the molecule is c1ccc2c(c1)-c1cc(N(c3ccc4c(c3)C3(c5ccccc5-4)C4CC5CC(C4)CC3C5)c3ccc4c(c3)sc3ccccc34)ccc1C21CCCC1. The Bertz CT molecular complexity index is 2640. The van der Waals surface area contributed by atoms with Crippen LogP contribution in [0.15, 0.2) is 127 Å². The Morgan fingerprint density at radius 2 is 1.04 bits per heavy atom. The molecule has 5 saturated carbocycles. The Kier molecular flexibility index (Phi) is 5.90. The molecule has 1 heterocycles. The Labute approximate surface area is 316 Å². The molecule has 4 bridgehead atoms. The molecule has 0 saturated heterocycles.